The zero-order chi connectivity index (χ0) is 17.3. The Balaban J connectivity index is 1.83. The molecule has 1 aromatic carbocycles. The summed E-state index contributed by atoms with van der Waals surface area (Å²) < 4.78 is 4.73. The van der Waals surface area contributed by atoms with E-state index >= 15 is 0 Å². The number of imide groups is 1. The second-order valence-electron chi connectivity index (χ2n) is 6.07. The third-order valence-electron chi connectivity index (χ3n) is 4.44. The van der Waals surface area contributed by atoms with E-state index in [9.17, 15) is 19.2 Å². The van der Waals surface area contributed by atoms with Crippen molar-refractivity contribution in [1.29, 1.82) is 0 Å². The maximum atomic E-state index is 12.6. The second-order valence-corrected chi connectivity index (χ2v) is 6.07. The molecule has 0 radical (unpaired) electrons. The molecule has 1 aliphatic carbocycles. The first kappa shape index (κ1) is 16.2. The van der Waals surface area contributed by atoms with Gasteiger partial charge in [-0.15, -0.1) is 0 Å². The molecular formula is C17H18N2O5. The monoisotopic (exact) mass is 330 g/mol. The maximum absolute atomic E-state index is 12.6. The van der Waals surface area contributed by atoms with Gasteiger partial charge >= 0.3 is 5.97 Å². The smallest absolute Gasteiger partial charge is 0.338 e. The number of hydrogen-bond acceptors (Lipinski definition) is 5. The number of hydrogen-bond donors (Lipinski definition) is 1. The van der Waals surface area contributed by atoms with Crippen LogP contribution in [-0.2, 0) is 9.53 Å². The average Bonchev–Trinajstić information content (AvgIpc) is 2.84. The summed E-state index contributed by atoms with van der Waals surface area (Å²) in [5.41, 5.74) is 5.55. The molecule has 24 heavy (non-hydrogen) atoms. The van der Waals surface area contributed by atoms with Gasteiger partial charge in [0.25, 0.3) is 17.7 Å². The summed E-state index contributed by atoms with van der Waals surface area (Å²) in [5.74, 6) is -2.20. The Labute approximate surface area is 138 Å². The summed E-state index contributed by atoms with van der Waals surface area (Å²) in [6, 6.07) is 4.15. The van der Waals surface area contributed by atoms with E-state index in [1.54, 1.807) is 0 Å². The van der Waals surface area contributed by atoms with E-state index in [0.29, 0.717) is 5.56 Å². The minimum atomic E-state index is -0.765. The number of primary amides is 1. The fourth-order valence-electron chi connectivity index (χ4n) is 3.28. The van der Waals surface area contributed by atoms with Gasteiger partial charge in [0, 0.05) is 6.04 Å². The highest BCUT2D eigenvalue weighted by Gasteiger charge is 2.40. The van der Waals surface area contributed by atoms with Crippen molar-refractivity contribution < 1.29 is 23.9 Å². The fourth-order valence-corrected chi connectivity index (χ4v) is 3.28. The summed E-state index contributed by atoms with van der Waals surface area (Å²) in [5, 5.41) is 0. The van der Waals surface area contributed by atoms with Crippen molar-refractivity contribution in [1.82, 2.24) is 4.90 Å². The molecule has 7 heteroatoms. The number of carbonyl (C=O) groups is 4. The van der Waals surface area contributed by atoms with Gasteiger partial charge in [-0.25, -0.2) is 4.79 Å². The molecule has 126 valence electrons. The Bertz CT molecular complexity index is 722. The number of nitrogens with zero attached hydrogens (tertiary/aromatic N) is 1. The number of fused-ring (bicyclic) bond motifs is 1. The summed E-state index contributed by atoms with van der Waals surface area (Å²) in [7, 11) is 0. The number of rotatable bonds is 4. The van der Waals surface area contributed by atoms with Crippen molar-refractivity contribution in [2.75, 3.05) is 6.61 Å². The minimum absolute atomic E-state index is 0.0728. The first-order chi connectivity index (χ1) is 11.5. The zero-order valence-corrected chi connectivity index (χ0v) is 13.1. The first-order valence-corrected chi connectivity index (χ1v) is 7.96. The SMILES string of the molecule is NC(=O)COC(=O)c1ccc2c(c1)C(=O)N(C1CCCCC1)C2=O. The van der Waals surface area contributed by atoms with E-state index in [4.69, 9.17) is 10.5 Å². The van der Waals surface area contributed by atoms with Gasteiger partial charge in [-0.1, -0.05) is 19.3 Å². The van der Waals surface area contributed by atoms with Crippen LogP contribution in [0.3, 0.4) is 0 Å². The van der Waals surface area contributed by atoms with Gasteiger partial charge in [0.05, 0.1) is 16.7 Å². The zero-order valence-electron chi connectivity index (χ0n) is 13.1. The standard InChI is InChI=1S/C17H18N2O5/c18-14(20)9-24-17(23)10-6-7-12-13(8-10)16(22)19(15(12)21)11-4-2-1-3-5-11/h6-8,11H,1-5,9H2,(H2,18,20). The predicted molar refractivity (Wildman–Crippen MR) is 83.3 cm³/mol. The molecule has 2 N–H and O–H groups in total. The second kappa shape index (κ2) is 6.43. The van der Waals surface area contributed by atoms with Crippen molar-refractivity contribution in [2.45, 2.75) is 38.1 Å². The lowest BCUT2D eigenvalue weighted by Crippen LogP contribution is -2.40. The summed E-state index contributed by atoms with van der Waals surface area (Å²) in [6.45, 7) is -0.531. The molecule has 1 aromatic rings. The van der Waals surface area contributed by atoms with Gasteiger partial charge in [-0.3, -0.25) is 19.3 Å². The van der Waals surface area contributed by atoms with E-state index in [1.165, 1.54) is 23.1 Å². The van der Waals surface area contributed by atoms with Crippen molar-refractivity contribution in [3.05, 3.63) is 34.9 Å². The van der Waals surface area contributed by atoms with Crippen LogP contribution in [0.4, 0.5) is 0 Å². The highest BCUT2D eigenvalue weighted by Crippen LogP contribution is 2.31. The number of esters is 1. The van der Waals surface area contributed by atoms with Crippen molar-refractivity contribution >= 4 is 23.7 Å². The molecule has 3 amide bonds. The van der Waals surface area contributed by atoms with E-state index in [1.807, 2.05) is 0 Å². The molecule has 3 rings (SSSR count). The molecule has 0 spiro atoms. The molecule has 1 fully saturated rings. The summed E-state index contributed by atoms with van der Waals surface area (Å²) in [4.78, 5) is 49.0. The molecule has 0 atom stereocenters. The Morgan fingerprint density at radius 2 is 1.75 bits per heavy atom. The van der Waals surface area contributed by atoms with Crippen molar-refractivity contribution in [2.24, 2.45) is 5.73 Å². The number of amides is 3. The Morgan fingerprint density at radius 1 is 1.08 bits per heavy atom. The van der Waals surface area contributed by atoms with E-state index in [0.717, 1.165) is 32.1 Å². The molecular weight excluding hydrogens is 312 g/mol. The van der Waals surface area contributed by atoms with Gasteiger partial charge in [0.1, 0.15) is 0 Å². The van der Waals surface area contributed by atoms with Crippen LogP contribution in [0.5, 0.6) is 0 Å². The fraction of sp³-hybridized carbons (Fsp3) is 0.412. The van der Waals surface area contributed by atoms with Crippen LogP contribution in [0.25, 0.3) is 0 Å². The number of ether oxygens (including phenoxy) is 1. The minimum Gasteiger partial charge on any atom is -0.452 e. The topological polar surface area (TPSA) is 107 Å². The van der Waals surface area contributed by atoms with Crippen LogP contribution in [0.1, 0.15) is 63.2 Å². The third-order valence-corrected chi connectivity index (χ3v) is 4.44. The van der Waals surface area contributed by atoms with Gasteiger partial charge < -0.3 is 10.5 Å². The molecule has 0 saturated heterocycles. The van der Waals surface area contributed by atoms with Crippen LogP contribution >= 0.6 is 0 Å². The van der Waals surface area contributed by atoms with E-state index in [-0.39, 0.29) is 29.0 Å². The normalized spacial score (nSPS) is 17.8. The van der Waals surface area contributed by atoms with Crippen molar-refractivity contribution in [3.8, 4) is 0 Å². The largest absolute Gasteiger partial charge is 0.452 e. The van der Waals surface area contributed by atoms with Crippen molar-refractivity contribution in [3.63, 3.8) is 0 Å². The molecule has 1 aliphatic heterocycles. The highest BCUT2D eigenvalue weighted by atomic mass is 16.5. The number of carbonyl (C=O) groups excluding carboxylic acids is 4. The lowest BCUT2D eigenvalue weighted by atomic mass is 9.94. The number of nitrogens with two attached hydrogens (primary N) is 1. The van der Waals surface area contributed by atoms with E-state index in [2.05, 4.69) is 0 Å². The molecule has 7 nitrogen and oxygen atoms in total. The van der Waals surface area contributed by atoms with Gasteiger partial charge in [0.2, 0.25) is 0 Å². The molecule has 0 bridgehead atoms. The summed E-state index contributed by atoms with van der Waals surface area (Å²) in [6.07, 6.45) is 4.76. The Kier molecular flexibility index (Phi) is 4.33. The summed E-state index contributed by atoms with van der Waals surface area (Å²) >= 11 is 0. The van der Waals surface area contributed by atoms with Crippen LogP contribution in [-0.4, -0.2) is 41.2 Å². The van der Waals surface area contributed by atoms with Gasteiger partial charge in [-0.2, -0.15) is 0 Å². The number of benzene rings is 1. The molecule has 1 heterocycles. The Morgan fingerprint density at radius 3 is 2.42 bits per heavy atom. The molecule has 2 aliphatic rings. The lowest BCUT2D eigenvalue weighted by molar-refractivity contribution is -0.121. The first-order valence-electron chi connectivity index (χ1n) is 7.96. The van der Waals surface area contributed by atoms with Crippen LogP contribution < -0.4 is 5.73 Å². The third kappa shape index (κ3) is 2.89. The van der Waals surface area contributed by atoms with Crippen LogP contribution in [0.2, 0.25) is 0 Å². The maximum Gasteiger partial charge on any atom is 0.338 e. The Hall–Kier alpha value is -2.70. The predicted octanol–water partition coefficient (Wildman–Crippen LogP) is 1.26. The molecule has 0 aromatic heterocycles. The van der Waals surface area contributed by atoms with E-state index < -0.39 is 18.5 Å². The highest BCUT2D eigenvalue weighted by molar-refractivity contribution is 6.22. The lowest BCUT2D eigenvalue weighted by Gasteiger charge is -2.29. The molecule has 1 saturated carbocycles. The van der Waals surface area contributed by atoms with Gasteiger partial charge in [-0.05, 0) is 31.0 Å². The average molecular weight is 330 g/mol. The van der Waals surface area contributed by atoms with Gasteiger partial charge in [0.15, 0.2) is 6.61 Å². The quantitative estimate of drug-likeness (QED) is 0.660. The van der Waals surface area contributed by atoms with Crippen LogP contribution in [0, 0.1) is 0 Å². The molecule has 0 unspecified atom stereocenters. The van der Waals surface area contributed by atoms with Crippen LogP contribution in [0.15, 0.2) is 18.2 Å².